The quantitative estimate of drug-likeness (QED) is 0.0422. The number of carbonyl (C=O) groups is 3. The zero-order valence-electron chi connectivity index (χ0n) is 39.5. The number of carbonyl (C=O) groups excluding carboxylic acids is 3. The van der Waals surface area contributed by atoms with Crippen LogP contribution in [0.25, 0.3) is 11.1 Å². The second-order valence-corrected chi connectivity index (χ2v) is 19.2. The fourth-order valence-electron chi connectivity index (χ4n) is 8.82. The van der Waals surface area contributed by atoms with Crippen LogP contribution in [-0.4, -0.2) is 165 Å². The molecule has 2 aromatic rings. The van der Waals surface area contributed by atoms with Gasteiger partial charge in [-0.25, -0.2) is 4.79 Å². The van der Waals surface area contributed by atoms with E-state index in [0.717, 1.165) is 43.4 Å². The van der Waals surface area contributed by atoms with Crippen molar-refractivity contribution in [1.29, 1.82) is 0 Å². The van der Waals surface area contributed by atoms with Crippen LogP contribution < -0.4 is 32.3 Å². The van der Waals surface area contributed by atoms with Crippen LogP contribution in [0.5, 0.6) is 0 Å². The maximum absolute atomic E-state index is 12.5. The van der Waals surface area contributed by atoms with Gasteiger partial charge in [0.15, 0.2) is 0 Å². The molecule has 2 saturated heterocycles. The van der Waals surface area contributed by atoms with Crippen molar-refractivity contribution in [3.05, 3.63) is 59.7 Å². The molecular formula is C50H78N6O10S. The zero-order chi connectivity index (χ0) is 46.7. The first-order valence-corrected chi connectivity index (χ1v) is 25.9. The van der Waals surface area contributed by atoms with Gasteiger partial charge in [-0.15, -0.1) is 0 Å². The molecule has 4 aliphatic rings. The topological polar surface area (TPSA) is 202 Å². The molecule has 2 aromatic carbocycles. The minimum atomic E-state index is -0.0618. The van der Waals surface area contributed by atoms with Gasteiger partial charge in [0.1, 0.15) is 0 Å². The molecule has 6 rings (SSSR count). The minimum Gasteiger partial charge on any atom is -0.377 e. The van der Waals surface area contributed by atoms with Crippen LogP contribution in [0.4, 0.5) is 4.79 Å². The van der Waals surface area contributed by atoms with Gasteiger partial charge in [-0.1, -0.05) is 55.0 Å². The van der Waals surface area contributed by atoms with Gasteiger partial charge in [0.2, 0.25) is 11.8 Å². The first-order chi connectivity index (χ1) is 32.9. The van der Waals surface area contributed by atoms with Crippen molar-refractivity contribution in [2.75, 3.05) is 111 Å². The lowest BCUT2D eigenvalue weighted by molar-refractivity contribution is -0.122. The van der Waals surface area contributed by atoms with Crippen molar-refractivity contribution in [2.24, 2.45) is 5.73 Å². The van der Waals surface area contributed by atoms with Gasteiger partial charge in [-0.05, 0) is 73.6 Å². The molecule has 2 saturated carbocycles. The number of benzene rings is 2. The first kappa shape index (κ1) is 53.0. The second-order valence-electron chi connectivity index (χ2n) is 17.9. The van der Waals surface area contributed by atoms with Crippen molar-refractivity contribution in [1.82, 2.24) is 26.6 Å². The van der Waals surface area contributed by atoms with Gasteiger partial charge in [0.25, 0.3) is 0 Å². The number of nitrogens with two attached hydrogens (primary N) is 1. The Balaban J connectivity index is 0.629. The summed E-state index contributed by atoms with van der Waals surface area (Å²) in [7, 11) is 0. The van der Waals surface area contributed by atoms with E-state index in [9.17, 15) is 14.4 Å². The van der Waals surface area contributed by atoms with Crippen LogP contribution in [0.15, 0.2) is 48.5 Å². The smallest absolute Gasteiger partial charge is 0.315 e. The van der Waals surface area contributed by atoms with Crippen molar-refractivity contribution >= 4 is 29.6 Å². The van der Waals surface area contributed by atoms with Crippen molar-refractivity contribution in [3.8, 4) is 11.1 Å². The average molecular weight is 955 g/mol. The highest BCUT2D eigenvalue weighted by Crippen LogP contribution is 2.42. The highest BCUT2D eigenvalue weighted by molar-refractivity contribution is 8.00. The molecular weight excluding hydrogens is 877 g/mol. The Kier molecular flexibility index (Phi) is 24.5. The second kappa shape index (κ2) is 31.0. The summed E-state index contributed by atoms with van der Waals surface area (Å²) < 4.78 is 38.8. The standard InChI is InChI=1S/C50H78N6O10S/c51-41-13-15-42(16-14-41)54-44-35-43(44)39-11-9-38(10-12-39)40-5-3-4-37(34-40)8-17-48(58)53-19-21-61-23-25-63-27-29-65-31-33-66-32-30-64-28-26-62-24-22-60-20-18-52-47(57)7-2-1-6-46-49-45(36-67-46)55-50(59)56-49/h3-5,9-12,34,41-46,49,54H,1-2,6-8,13-33,35-36,51H2,(H,52,57)(H,53,58)(H2,55,56,59)/t41?,42?,43-,44+,45-,46-,49-/m0/s1. The number of aryl methyl sites for hydroxylation is 1. The van der Waals surface area contributed by atoms with Gasteiger partial charge in [-0.2, -0.15) is 11.8 Å². The highest BCUT2D eigenvalue weighted by atomic mass is 32.2. The van der Waals surface area contributed by atoms with Gasteiger partial charge in [-0.3, -0.25) is 9.59 Å². The molecule has 2 heterocycles. The molecule has 2 aliphatic carbocycles. The van der Waals surface area contributed by atoms with E-state index in [-0.39, 0.29) is 29.9 Å². The minimum absolute atomic E-state index is 0.0173. The molecule has 0 bridgehead atoms. The number of urea groups is 1. The van der Waals surface area contributed by atoms with E-state index >= 15 is 0 Å². The lowest BCUT2D eigenvalue weighted by atomic mass is 9.91. The molecule has 5 atom stereocenters. The fourth-order valence-corrected chi connectivity index (χ4v) is 10.4. The van der Waals surface area contributed by atoms with Gasteiger partial charge in [0.05, 0.1) is 105 Å². The van der Waals surface area contributed by atoms with E-state index in [1.165, 1.54) is 36.0 Å². The maximum atomic E-state index is 12.5. The molecule has 0 aromatic heterocycles. The number of rotatable bonds is 36. The first-order valence-electron chi connectivity index (χ1n) is 24.9. The molecule has 2 aliphatic heterocycles. The van der Waals surface area contributed by atoms with Gasteiger partial charge >= 0.3 is 6.03 Å². The highest BCUT2D eigenvalue weighted by Gasteiger charge is 2.42. The molecule has 17 heteroatoms. The van der Waals surface area contributed by atoms with Crippen LogP contribution in [0, 0.1) is 0 Å². The Bertz CT molecular complexity index is 1720. The normalized spacial score (nSPS) is 23.1. The molecule has 4 fully saturated rings. The third-order valence-corrected chi connectivity index (χ3v) is 14.2. The number of ether oxygens (including phenoxy) is 7. The lowest BCUT2D eigenvalue weighted by Gasteiger charge is -2.27. The summed E-state index contributed by atoms with van der Waals surface area (Å²) in [5.41, 5.74) is 11.0. The average Bonchev–Trinajstić information content (AvgIpc) is 3.86. The molecule has 16 nitrogen and oxygen atoms in total. The molecule has 67 heavy (non-hydrogen) atoms. The Morgan fingerprint density at radius 2 is 1.22 bits per heavy atom. The van der Waals surface area contributed by atoms with E-state index in [1.54, 1.807) is 0 Å². The van der Waals surface area contributed by atoms with Crippen LogP contribution in [-0.2, 0) is 49.2 Å². The number of thioether (sulfide) groups is 1. The van der Waals surface area contributed by atoms with E-state index < -0.39 is 0 Å². The van der Waals surface area contributed by atoms with Crippen molar-refractivity contribution in [3.63, 3.8) is 0 Å². The third kappa shape index (κ3) is 20.6. The Morgan fingerprint density at radius 3 is 1.82 bits per heavy atom. The Morgan fingerprint density at radius 1 is 0.657 bits per heavy atom. The monoisotopic (exact) mass is 955 g/mol. The Hall–Kier alpha value is -3.36. The predicted octanol–water partition coefficient (Wildman–Crippen LogP) is 4.08. The zero-order valence-corrected chi connectivity index (χ0v) is 40.3. The molecule has 7 N–H and O–H groups in total. The van der Waals surface area contributed by atoms with E-state index in [2.05, 4.69) is 75.1 Å². The summed E-state index contributed by atoms with van der Waals surface area (Å²) >= 11 is 1.90. The summed E-state index contributed by atoms with van der Waals surface area (Å²) in [6.07, 6.45) is 10.3. The van der Waals surface area contributed by atoms with Crippen LogP contribution in [0.3, 0.4) is 0 Å². The number of hydrogen-bond donors (Lipinski definition) is 6. The summed E-state index contributed by atoms with van der Waals surface area (Å²) in [4.78, 5) is 36.1. The fraction of sp³-hybridized carbons (Fsp3) is 0.700. The van der Waals surface area contributed by atoms with Crippen LogP contribution in [0.1, 0.15) is 81.3 Å². The molecule has 4 amide bonds. The molecule has 0 spiro atoms. The van der Waals surface area contributed by atoms with Gasteiger partial charge < -0.3 is 65.5 Å². The predicted molar refractivity (Wildman–Crippen MR) is 260 cm³/mol. The summed E-state index contributed by atoms with van der Waals surface area (Å²) in [5, 5.41) is 16.1. The third-order valence-electron chi connectivity index (χ3n) is 12.7. The summed E-state index contributed by atoms with van der Waals surface area (Å²) in [6.45, 7) is 7.44. The van der Waals surface area contributed by atoms with E-state index in [0.29, 0.717) is 154 Å². The number of amides is 4. The summed E-state index contributed by atoms with van der Waals surface area (Å²) in [5.74, 6) is 1.62. The largest absolute Gasteiger partial charge is 0.377 e. The van der Waals surface area contributed by atoms with E-state index in [4.69, 9.17) is 38.9 Å². The SMILES string of the molecule is NC1CCC(N[C@@H]2C[C@H]2c2ccc(-c3cccc(CCC(=O)NCCOCCOCCOCCOCCOCCOCCOCCNC(=O)CCCC[C@@H]4SC[C@@H]5NC(=O)N[C@@H]54)c3)cc2)CC1. The number of fused-ring (bicyclic) bond motifs is 1. The number of nitrogens with one attached hydrogen (secondary N) is 5. The number of hydrogen-bond acceptors (Lipinski definition) is 13. The maximum Gasteiger partial charge on any atom is 0.315 e. The number of unbranched alkanes of at least 4 members (excludes halogenated alkanes) is 1. The Labute approximate surface area is 402 Å². The van der Waals surface area contributed by atoms with Crippen LogP contribution in [0.2, 0.25) is 0 Å². The lowest BCUT2D eigenvalue weighted by Crippen LogP contribution is -2.38. The molecule has 0 radical (unpaired) electrons. The van der Waals surface area contributed by atoms with E-state index in [1.807, 2.05) is 11.8 Å². The van der Waals surface area contributed by atoms with Crippen LogP contribution >= 0.6 is 11.8 Å². The molecule has 374 valence electrons. The van der Waals surface area contributed by atoms with Gasteiger partial charge in [0, 0.05) is 61.0 Å². The molecule has 0 unspecified atom stereocenters. The van der Waals surface area contributed by atoms with Crippen molar-refractivity contribution < 1.29 is 47.5 Å². The van der Waals surface area contributed by atoms with Crippen molar-refractivity contribution in [2.45, 2.75) is 112 Å². The summed E-state index contributed by atoms with van der Waals surface area (Å²) in [6, 6.07) is 19.5.